The number of carbonyl (C=O) groups is 2. The van der Waals surface area contributed by atoms with Crippen LogP contribution in [-0.2, 0) is 19.1 Å². The van der Waals surface area contributed by atoms with Crippen molar-refractivity contribution in [3.05, 3.63) is 12.2 Å². The molecule has 1 fully saturated rings. The van der Waals surface area contributed by atoms with E-state index in [1.165, 1.54) is 18.6 Å². The van der Waals surface area contributed by atoms with Gasteiger partial charge >= 0.3 is 11.9 Å². The third kappa shape index (κ3) is 6.93. The molecule has 0 radical (unpaired) electrons. The number of esters is 2. The first-order valence-electron chi connectivity index (χ1n) is 7.92. The molecule has 0 aliphatic heterocycles. The van der Waals surface area contributed by atoms with Gasteiger partial charge in [-0.25, -0.2) is 9.59 Å². The topological polar surface area (TPSA) is 52.6 Å². The summed E-state index contributed by atoms with van der Waals surface area (Å²) >= 11 is 0. The molecule has 0 amide bonds. The second kappa shape index (κ2) is 8.37. The number of ether oxygens (including phenoxy) is 2. The Kier molecular flexibility index (Phi) is 7.15. The number of hydrogen-bond donors (Lipinski definition) is 0. The largest absolute Gasteiger partial charge is 0.463 e. The van der Waals surface area contributed by atoms with Crippen LogP contribution in [0.2, 0.25) is 19.6 Å². The summed E-state index contributed by atoms with van der Waals surface area (Å²) in [5.74, 6) is -0.898. The smallest absolute Gasteiger partial charge is 0.331 e. The predicted octanol–water partition coefficient (Wildman–Crippen LogP) is 3.62. The number of carbonyl (C=O) groups excluding carboxylic acids is 2. The van der Waals surface area contributed by atoms with Gasteiger partial charge in [0, 0.05) is 12.2 Å². The Hall–Kier alpha value is -1.10. The van der Waals surface area contributed by atoms with E-state index in [4.69, 9.17) is 9.47 Å². The quantitative estimate of drug-likeness (QED) is 0.427. The molecule has 0 aromatic carbocycles. The van der Waals surface area contributed by atoms with E-state index in [-0.39, 0.29) is 11.8 Å². The molecule has 1 aliphatic carbocycles. The lowest BCUT2D eigenvalue weighted by Crippen LogP contribution is -2.41. The Morgan fingerprint density at radius 2 is 1.67 bits per heavy atom. The zero-order valence-electron chi connectivity index (χ0n) is 13.7. The Balaban J connectivity index is 2.40. The fraction of sp³-hybridized carbons (Fsp3) is 0.750. The first-order valence-corrected chi connectivity index (χ1v) is 11.5. The summed E-state index contributed by atoms with van der Waals surface area (Å²) in [6, 6.07) is 0. The molecule has 5 heteroatoms. The van der Waals surface area contributed by atoms with Crippen LogP contribution in [0.25, 0.3) is 0 Å². The lowest BCUT2D eigenvalue weighted by Gasteiger charge is -2.27. The molecule has 1 unspecified atom stereocenters. The molecule has 0 aromatic heterocycles. The van der Waals surface area contributed by atoms with Crippen molar-refractivity contribution in [1.82, 2.24) is 0 Å². The molecule has 0 heterocycles. The van der Waals surface area contributed by atoms with Crippen molar-refractivity contribution < 1.29 is 19.1 Å². The minimum absolute atomic E-state index is 0.0114. The van der Waals surface area contributed by atoms with Crippen molar-refractivity contribution in [3.8, 4) is 0 Å². The van der Waals surface area contributed by atoms with Crippen molar-refractivity contribution >= 4 is 20.0 Å². The monoisotopic (exact) mass is 312 g/mol. The number of rotatable bonds is 6. The maximum absolute atomic E-state index is 11.8. The van der Waals surface area contributed by atoms with Gasteiger partial charge in [0.25, 0.3) is 0 Å². The fourth-order valence-electron chi connectivity index (χ4n) is 2.57. The zero-order valence-corrected chi connectivity index (χ0v) is 14.7. The van der Waals surface area contributed by atoms with Crippen LogP contribution in [0, 0.1) is 0 Å². The molecule has 1 saturated carbocycles. The summed E-state index contributed by atoms with van der Waals surface area (Å²) in [4.78, 5) is 23.4. The van der Waals surface area contributed by atoms with Gasteiger partial charge in [-0.1, -0.05) is 33.0 Å². The minimum Gasteiger partial charge on any atom is -0.463 e. The molecule has 0 aromatic rings. The van der Waals surface area contributed by atoms with Gasteiger partial charge in [-0.15, -0.1) is 0 Å². The van der Waals surface area contributed by atoms with Gasteiger partial charge in [-0.2, -0.15) is 0 Å². The molecule has 1 aliphatic rings. The molecule has 0 bridgehead atoms. The van der Waals surface area contributed by atoms with E-state index in [2.05, 4.69) is 19.6 Å². The minimum atomic E-state index is -1.53. The van der Waals surface area contributed by atoms with Crippen molar-refractivity contribution in [3.63, 3.8) is 0 Å². The van der Waals surface area contributed by atoms with E-state index in [1.807, 2.05) is 6.92 Å². The van der Waals surface area contributed by atoms with E-state index in [0.29, 0.717) is 0 Å². The van der Waals surface area contributed by atoms with Crippen LogP contribution in [0.4, 0.5) is 0 Å². The normalized spacial score (nSPS) is 18.5. The van der Waals surface area contributed by atoms with Crippen molar-refractivity contribution in [2.45, 2.75) is 76.9 Å². The standard InChI is InChI=1S/C16H28O4Si/c1-5-16(21(2,3)4)20-15(18)12-11-14(17)19-13-9-7-6-8-10-13/h11-13,16H,5-10H2,1-4H3. The van der Waals surface area contributed by atoms with Gasteiger partial charge in [0.15, 0.2) is 0 Å². The van der Waals surface area contributed by atoms with E-state index in [0.717, 1.165) is 32.1 Å². The molecule has 0 spiro atoms. The van der Waals surface area contributed by atoms with Gasteiger partial charge in [0.2, 0.25) is 0 Å². The zero-order chi connectivity index (χ0) is 15.9. The highest BCUT2D eigenvalue weighted by Crippen LogP contribution is 2.20. The van der Waals surface area contributed by atoms with E-state index >= 15 is 0 Å². The Morgan fingerprint density at radius 1 is 1.10 bits per heavy atom. The van der Waals surface area contributed by atoms with Gasteiger partial charge in [-0.3, -0.25) is 0 Å². The van der Waals surface area contributed by atoms with Crippen molar-refractivity contribution in [2.75, 3.05) is 0 Å². The SMILES string of the molecule is CCC(OC(=O)C=CC(=O)OC1CCCCC1)[Si](C)(C)C. The maximum atomic E-state index is 11.8. The molecule has 0 N–H and O–H groups in total. The molecular formula is C16H28O4Si. The first-order chi connectivity index (χ1) is 9.82. The van der Waals surface area contributed by atoms with Crippen LogP contribution >= 0.6 is 0 Å². The van der Waals surface area contributed by atoms with E-state index < -0.39 is 20.0 Å². The Bertz CT molecular complexity index is 378. The lowest BCUT2D eigenvalue weighted by molar-refractivity contribution is -0.145. The summed E-state index contributed by atoms with van der Waals surface area (Å²) in [6.07, 6.45) is 8.48. The Morgan fingerprint density at radius 3 is 2.19 bits per heavy atom. The van der Waals surface area contributed by atoms with Crippen LogP contribution < -0.4 is 0 Å². The van der Waals surface area contributed by atoms with Crippen LogP contribution in [0.5, 0.6) is 0 Å². The molecular weight excluding hydrogens is 284 g/mol. The highest BCUT2D eigenvalue weighted by Gasteiger charge is 2.28. The predicted molar refractivity (Wildman–Crippen MR) is 85.6 cm³/mol. The maximum Gasteiger partial charge on any atom is 0.331 e. The summed E-state index contributed by atoms with van der Waals surface area (Å²) in [7, 11) is -1.53. The third-order valence-corrected chi connectivity index (χ3v) is 6.24. The van der Waals surface area contributed by atoms with Crippen LogP contribution in [-0.4, -0.2) is 31.8 Å². The molecule has 1 rings (SSSR count). The van der Waals surface area contributed by atoms with Crippen molar-refractivity contribution in [2.24, 2.45) is 0 Å². The average Bonchev–Trinajstić information content (AvgIpc) is 2.42. The van der Waals surface area contributed by atoms with Crippen molar-refractivity contribution in [1.29, 1.82) is 0 Å². The second-order valence-electron chi connectivity index (χ2n) is 6.73. The van der Waals surface area contributed by atoms with Crippen LogP contribution in [0.3, 0.4) is 0 Å². The lowest BCUT2D eigenvalue weighted by atomic mass is 9.98. The van der Waals surface area contributed by atoms with Gasteiger partial charge < -0.3 is 9.47 Å². The third-order valence-electron chi connectivity index (χ3n) is 3.79. The second-order valence-corrected chi connectivity index (χ2v) is 12.1. The fourth-order valence-corrected chi connectivity index (χ4v) is 4.27. The summed E-state index contributed by atoms with van der Waals surface area (Å²) in [5, 5.41) is 0. The molecule has 0 saturated heterocycles. The van der Waals surface area contributed by atoms with E-state index in [1.54, 1.807) is 0 Å². The average molecular weight is 312 g/mol. The summed E-state index contributed by atoms with van der Waals surface area (Å²) in [6.45, 7) is 8.50. The Labute approximate surface area is 128 Å². The first kappa shape index (κ1) is 17.9. The van der Waals surface area contributed by atoms with Gasteiger partial charge in [0.05, 0.1) is 13.8 Å². The van der Waals surface area contributed by atoms with E-state index in [9.17, 15) is 9.59 Å². The highest BCUT2D eigenvalue weighted by atomic mass is 28.3. The van der Waals surface area contributed by atoms with Crippen LogP contribution in [0.1, 0.15) is 45.4 Å². The van der Waals surface area contributed by atoms with Gasteiger partial charge in [-0.05, 0) is 32.1 Å². The van der Waals surface area contributed by atoms with Gasteiger partial charge in [0.1, 0.15) is 6.10 Å². The summed E-state index contributed by atoms with van der Waals surface area (Å²) < 4.78 is 10.7. The molecule has 4 nitrogen and oxygen atoms in total. The highest BCUT2D eigenvalue weighted by molar-refractivity contribution is 6.77. The van der Waals surface area contributed by atoms with Crippen LogP contribution in [0.15, 0.2) is 12.2 Å². The molecule has 1 atom stereocenters. The summed E-state index contributed by atoms with van der Waals surface area (Å²) in [5.41, 5.74) is -0.0241. The molecule has 21 heavy (non-hydrogen) atoms. The molecule has 120 valence electrons. The number of hydrogen-bond acceptors (Lipinski definition) is 4.